The highest BCUT2D eigenvalue weighted by Crippen LogP contribution is 2.44. The molecule has 0 radical (unpaired) electrons. The Kier molecular flexibility index (Phi) is 7.07. The Balaban J connectivity index is 1.18. The third kappa shape index (κ3) is 4.95. The van der Waals surface area contributed by atoms with Crippen LogP contribution in [0.5, 0.6) is 0 Å². The minimum absolute atomic E-state index is 1.12. The first-order valence-corrected chi connectivity index (χ1v) is 17.2. The molecule has 1 heterocycles. The van der Waals surface area contributed by atoms with Crippen molar-refractivity contribution in [2.75, 3.05) is 4.90 Å². The highest BCUT2D eigenvalue weighted by Gasteiger charge is 2.17. The van der Waals surface area contributed by atoms with Crippen molar-refractivity contribution < 1.29 is 0 Å². The van der Waals surface area contributed by atoms with Gasteiger partial charge in [0.05, 0.1) is 5.69 Å². The van der Waals surface area contributed by atoms with Crippen LogP contribution in [0.15, 0.2) is 188 Å². The van der Waals surface area contributed by atoms with E-state index in [1.54, 1.807) is 0 Å². The van der Waals surface area contributed by atoms with E-state index in [-0.39, 0.29) is 0 Å². The lowest BCUT2D eigenvalue weighted by Crippen LogP contribution is -2.10. The van der Waals surface area contributed by atoms with Crippen molar-refractivity contribution in [3.8, 4) is 33.4 Å². The van der Waals surface area contributed by atoms with Gasteiger partial charge in [0.2, 0.25) is 0 Å². The second-order valence-corrected chi connectivity index (χ2v) is 13.2. The second-order valence-electron chi connectivity index (χ2n) is 12.1. The number of para-hydroxylation sites is 1. The standard InChI is InChI=1S/C46H31NS/c1-3-13-33(14-4-1)38-30-27-35(31-43(38)42-22-12-21-41-40-20-9-10-24-45(40)48-46(41)42)32-25-28-37(29-26-32)47(36-17-5-2-6-18-36)44-23-11-16-34-15-7-8-19-39(34)44/h1-31H. The van der Waals surface area contributed by atoms with Crippen molar-refractivity contribution in [3.05, 3.63) is 188 Å². The zero-order chi connectivity index (χ0) is 31.9. The van der Waals surface area contributed by atoms with Crippen LogP contribution < -0.4 is 4.90 Å². The highest BCUT2D eigenvalue weighted by molar-refractivity contribution is 7.26. The summed E-state index contributed by atoms with van der Waals surface area (Å²) >= 11 is 1.88. The third-order valence-electron chi connectivity index (χ3n) is 9.28. The third-order valence-corrected chi connectivity index (χ3v) is 10.5. The average Bonchev–Trinajstić information content (AvgIpc) is 3.55. The summed E-state index contributed by atoms with van der Waals surface area (Å²) < 4.78 is 2.65. The largest absolute Gasteiger partial charge is 0.310 e. The molecular weight excluding hydrogens is 599 g/mol. The van der Waals surface area contributed by atoms with Crippen LogP contribution in [-0.4, -0.2) is 0 Å². The smallest absolute Gasteiger partial charge is 0.0540 e. The molecule has 48 heavy (non-hydrogen) atoms. The van der Waals surface area contributed by atoms with Crippen LogP contribution >= 0.6 is 11.3 Å². The molecular formula is C46H31NS. The number of nitrogens with zero attached hydrogens (tertiary/aromatic N) is 1. The zero-order valence-electron chi connectivity index (χ0n) is 26.3. The summed E-state index contributed by atoms with van der Waals surface area (Å²) in [7, 11) is 0. The molecule has 0 N–H and O–H groups in total. The number of hydrogen-bond donors (Lipinski definition) is 0. The van der Waals surface area contributed by atoms with Gasteiger partial charge in [-0.05, 0) is 75.7 Å². The van der Waals surface area contributed by atoms with Gasteiger partial charge < -0.3 is 4.90 Å². The summed E-state index contributed by atoms with van der Waals surface area (Å²) in [5.74, 6) is 0. The molecule has 0 spiro atoms. The van der Waals surface area contributed by atoms with Crippen LogP contribution in [0.3, 0.4) is 0 Å². The molecule has 0 fully saturated rings. The Morgan fingerprint density at radius 2 is 0.979 bits per heavy atom. The van der Waals surface area contributed by atoms with Gasteiger partial charge in [0.1, 0.15) is 0 Å². The molecule has 0 amide bonds. The Morgan fingerprint density at radius 1 is 0.354 bits per heavy atom. The van der Waals surface area contributed by atoms with Crippen LogP contribution in [0.25, 0.3) is 64.3 Å². The van der Waals surface area contributed by atoms with Crippen molar-refractivity contribution in [1.82, 2.24) is 0 Å². The summed E-state index contributed by atoms with van der Waals surface area (Å²) in [5, 5.41) is 5.09. The van der Waals surface area contributed by atoms with E-state index in [0.717, 1.165) is 17.1 Å². The van der Waals surface area contributed by atoms with Crippen LogP contribution in [-0.2, 0) is 0 Å². The van der Waals surface area contributed by atoms with Gasteiger partial charge in [-0.25, -0.2) is 0 Å². The Labute approximate surface area is 284 Å². The molecule has 0 saturated heterocycles. The fraction of sp³-hybridized carbons (Fsp3) is 0. The fourth-order valence-corrected chi connectivity index (χ4v) is 8.22. The molecule has 8 aromatic carbocycles. The number of rotatable bonds is 6. The first kappa shape index (κ1) is 28.3. The lowest BCUT2D eigenvalue weighted by atomic mass is 9.90. The minimum Gasteiger partial charge on any atom is -0.310 e. The number of anilines is 3. The van der Waals surface area contributed by atoms with E-state index in [0.29, 0.717) is 0 Å². The van der Waals surface area contributed by atoms with Gasteiger partial charge >= 0.3 is 0 Å². The van der Waals surface area contributed by atoms with Gasteiger partial charge in [-0.1, -0.05) is 146 Å². The van der Waals surface area contributed by atoms with E-state index in [4.69, 9.17) is 0 Å². The van der Waals surface area contributed by atoms with E-state index in [1.165, 1.54) is 64.3 Å². The monoisotopic (exact) mass is 629 g/mol. The summed E-state index contributed by atoms with van der Waals surface area (Å²) in [6.45, 7) is 0. The molecule has 9 rings (SSSR count). The normalized spacial score (nSPS) is 11.3. The molecule has 9 aromatic rings. The van der Waals surface area contributed by atoms with Crippen LogP contribution in [0, 0.1) is 0 Å². The zero-order valence-corrected chi connectivity index (χ0v) is 27.1. The second kappa shape index (κ2) is 12.0. The van der Waals surface area contributed by atoms with E-state index < -0.39 is 0 Å². The number of fused-ring (bicyclic) bond motifs is 4. The van der Waals surface area contributed by atoms with Crippen molar-refractivity contribution in [2.24, 2.45) is 0 Å². The maximum absolute atomic E-state index is 2.39. The lowest BCUT2D eigenvalue weighted by molar-refractivity contribution is 1.30. The SMILES string of the molecule is c1ccc(-c2ccc(-c3ccc(N(c4ccccc4)c4cccc5ccccc45)cc3)cc2-c2cccc3c2sc2ccccc23)cc1. The van der Waals surface area contributed by atoms with E-state index in [9.17, 15) is 0 Å². The number of thiophene rings is 1. The van der Waals surface area contributed by atoms with Gasteiger partial charge in [-0.2, -0.15) is 0 Å². The maximum atomic E-state index is 2.39. The summed E-state index contributed by atoms with van der Waals surface area (Å²) in [4.78, 5) is 2.36. The molecule has 2 heteroatoms. The molecule has 0 aliphatic carbocycles. The van der Waals surface area contributed by atoms with E-state index in [1.807, 2.05) is 11.3 Å². The van der Waals surface area contributed by atoms with Gasteiger partial charge in [0, 0.05) is 42.5 Å². The van der Waals surface area contributed by atoms with Crippen molar-refractivity contribution in [3.63, 3.8) is 0 Å². The van der Waals surface area contributed by atoms with Crippen LogP contribution in [0.4, 0.5) is 17.1 Å². The Hall–Kier alpha value is -5.96. The molecule has 0 unspecified atom stereocenters. The molecule has 1 aromatic heterocycles. The minimum atomic E-state index is 1.12. The van der Waals surface area contributed by atoms with Crippen LogP contribution in [0.2, 0.25) is 0 Å². The lowest BCUT2D eigenvalue weighted by Gasteiger charge is -2.27. The van der Waals surface area contributed by atoms with Crippen molar-refractivity contribution in [2.45, 2.75) is 0 Å². The molecule has 0 saturated carbocycles. The van der Waals surface area contributed by atoms with E-state index in [2.05, 4.69) is 193 Å². The molecule has 0 aliphatic heterocycles. The van der Waals surface area contributed by atoms with Gasteiger partial charge in [-0.15, -0.1) is 11.3 Å². The van der Waals surface area contributed by atoms with Gasteiger partial charge in [0.15, 0.2) is 0 Å². The maximum Gasteiger partial charge on any atom is 0.0540 e. The number of benzene rings is 8. The molecule has 0 aliphatic rings. The first-order valence-electron chi connectivity index (χ1n) is 16.4. The topological polar surface area (TPSA) is 3.24 Å². The van der Waals surface area contributed by atoms with Gasteiger partial charge in [0.25, 0.3) is 0 Å². The van der Waals surface area contributed by atoms with Gasteiger partial charge in [-0.3, -0.25) is 0 Å². The first-order chi connectivity index (χ1) is 23.8. The predicted octanol–water partition coefficient (Wildman–Crippen LogP) is 13.7. The highest BCUT2D eigenvalue weighted by atomic mass is 32.1. The quantitative estimate of drug-likeness (QED) is 0.177. The fourth-order valence-electron chi connectivity index (χ4n) is 6.99. The van der Waals surface area contributed by atoms with E-state index >= 15 is 0 Å². The Bertz CT molecular complexity index is 2540. The molecule has 0 bridgehead atoms. The van der Waals surface area contributed by atoms with Crippen molar-refractivity contribution >= 4 is 59.3 Å². The molecule has 226 valence electrons. The predicted molar refractivity (Wildman–Crippen MR) is 208 cm³/mol. The summed E-state index contributed by atoms with van der Waals surface area (Å²) in [6.07, 6.45) is 0. The average molecular weight is 630 g/mol. The molecule has 0 atom stereocenters. The Morgan fingerprint density at radius 3 is 1.81 bits per heavy atom. The van der Waals surface area contributed by atoms with Crippen molar-refractivity contribution in [1.29, 1.82) is 0 Å². The summed E-state index contributed by atoms with van der Waals surface area (Å²) in [6, 6.07) is 68.0. The molecule has 1 nitrogen and oxygen atoms in total. The van der Waals surface area contributed by atoms with Crippen LogP contribution in [0.1, 0.15) is 0 Å². The number of hydrogen-bond acceptors (Lipinski definition) is 2. The summed E-state index contributed by atoms with van der Waals surface area (Å²) in [5.41, 5.74) is 10.8.